The quantitative estimate of drug-likeness (QED) is 0.861. The Hall–Kier alpha value is -1.59. The first-order valence-corrected chi connectivity index (χ1v) is 7.43. The Morgan fingerprint density at radius 1 is 1.00 bits per heavy atom. The average Bonchev–Trinajstić information content (AvgIpc) is 2.82. The van der Waals surface area contributed by atoms with Crippen molar-refractivity contribution in [3.63, 3.8) is 0 Å². The number of aromatic nitrogens is 1. The van der Waals surface area contributed by atoms with E-state index in [4.69, 9.17) is 0 Å². The molecule has 0 aliphatic heterocycles. The number of benzene rings is 1. The van der Waals surface area contributed by atoms with Gasteiger partial charge in [-0.05, 0) is 17.7 Å². The van der Waals surface area contributed by atoms with Crippen molar-refractivity contribution < 1.29 is 8.42 Å². The molecular weight excluding hydrogens is 248 g/mol. The van der Waals surface area contributed by atoms with E-state index in [-0.39, 0.29) is 5.75 Å². The number of rotatable bonds is 6. The second-order valence-corrected chi connectivity index (χ2v) is 5.87. The molecule has 0 unspecified atom stereocenters. The van der Waals surface area contributed by atoms with Crippen LogP contribution in [-0.2, 0) is 22.3 Å². The summed E-state index contributed by atoms with van der Waals surface area (Å²) >= 11 is 0. The minimum Gasteiger partial charge on any atom is -0.353 e. The van der Waals surface area contributed by atoms with Crippen molar-refractivity contribution in [3.8, 4) is 0 Å². The Balaban J connectivity index is 1.84. The lowest BCUT2D eigenvalue weighted by Crippen LogP contribution is -2.28. The van der Waals surface area contributed by atoms with Crippen molar-refractivity contribution in [3.05, 3.63) is 60.4 Å². The van der Waals surface area contributed by atoms with Gasteiger partial charge in [-0.15, -0.1) is 0 Å². The highest BCUT2D eigenvalue weighted by atomic mass is 32.2. The van der Waals surface area contributed by atoms with Crippen LogP contribution in [0.25, 0.3) is 0 Å². The molecule has 1 heterocycles. The molecule has 2 rings (SSSR count). The standard InChI is InChI=1S/C13H16N2O2S/c16-18(17,12-13-6-2-1-3-7-13)14-8-11-15-9-4-5-10-15/h1-7,9-10,14H,8,11-12H2. The summed E-state index contributed by atoms with van der Waals surface area (Å²) in [5.41, 5.74) is 0.797. The molecule has 1 aromatic carbocycles. The molecule has 4 nitrogen and oxygen atoms in total. The molecule has 0 aliphatic rings. The van der Waals surface area contributed by atoms with Crippen molar-refractivity contribution >= 4 is 10.0 Å². The van der Waals surface area contributed by atoms with Gasteiger partial charge < -0.3 is 4.57 Å². The third-order valence-electron chi connectivity index (χ3n) is 2.56. The summed E-state index contributed by atoms with van der Waals surface area (Å²) in [5, 5.41) is 0. The maximum atomic E-state index is 11.8. The average molecular weight is 264 g/mol. The molecule has 0 aliphatic carbocycles. The van der Waals surface area contributed by atoms with Crippen LogP contribution in [0.4, 0.5) is 0 Å². The molecule has 5 heteroatoms. The predicted molar refractivity (Wildman–Crippen MR) is 71.5 cm³/mol. The molecule has 1 aromatic heterocycles. The smallest absolute Gasteiger partial charge is 0.215 e. The lowest BCUT2D eigenvalue weighted by atomic mass is 10.2. The van der Waals surface area contributed by atoms with Crippen LogP contribution >= 0.6 is 0 Å². The molecule has 18 heavy (non-hydrogen) atoms. The van der Waals surface area contributed by atoms with Crippen molar-refractivity contribution in [1.29, 1.82) is 0 Å². The Morgan fingerprint density at radius 2 is 1.67 bits per heavy atom. The molecule has 2 aromatic rings. The van der Waals surface area contributed by atoms with E-state index >= 15 is 0 Å². The van der Waals surface area contributed by atoms with Gasteiger partial charge >= 0.3 is 0 Å². The van der Waals surface area contributed by atoms with Crippen LogP contribution in [0.3, 0.4) is 0 Å². The fourth-order valence-corrected chi connectivity index (χ4v) is 2.83. The van der Waals surface area contributed by atoms with E-state index in [9.17, 15) is 8.42 Å². The SMILES string of the molecule is O=S(=O)(Cc1ccccc1)NCCn1cccc1. The zero-order valence-electron chi connectivity index (χ0n) is 9.99. The van der Waals surface area contributed by atoms with Gasteiger partial charge in [-0.3, -0.25) is 0 Å². The number of hydrogen-bond acceptors (Lipinski definition) is 2. The van der Waals surface area contributed by atoms with Gasteiger partial charge in [0.05, 0.1) is 5.75 Å². The first-order valence-electron chi connectivity index (χ1n) is 5.78. The number of nitrogens with zero attached hydrogens (tertiary/aromatic N) is 1. The molecule has 0 saturated heterocycles. The van der Waals surface area contributed by atoms with Gasteiger partial charge in [-0.25, -0.2) is 13.1 Å². The zero-order valence-corrected chi connectivity index (χ0v) is 10.8. The fourth-order valence-electron chi connectivity index (χ4n) is 1.69. The topological polar surface area (TPSA) is 51.1 Å². The van der Waals surface area contributed by atoms with Crippen molar-refractivity contribution in [1.82, 2.24) is 9.29 Å². The van der Waals surface area contributed by atoms with E-state index < -0.39 is 10.0 Å². The van der Waals surface area contributed by atoms with Crippen LogP contribution < -0.4 is 4.72 Å². The van der Waals surface area contributed by atoms with Crippen LogP contribution in [0.5, 0.6) is 0 Å². The normalized spacial score (nSPS) is 11.6. The zero-order chi connectivity index (χ0) is 12.8. The molecular formula is C13H16N2O2S. The van der Waals surface area contributed by atoms with E-state index in [1.807, 2.05) is 59.4 Å². The predicted octanol–water partition coefficient (Wildman–Crippen LogP) is 1.61. The summed E-state index contributed by atoms with van der Waals surface area (Å²) in [7, 11) is -3.25. The van der Waals surface area contributed by atoms with Crippen LogP contribution in [0.2, 0.25) is 0 Å². The number of nitrogens with one attached hydrogen (secondary N) is 1. The summed E-state index contributed by atoms with van der Waals surface area (Å²) in [6, 6.07) is 13.0. The fraction of sp³-hybridized carbons (Fsp3) is 0.231. The number of sulfonamides is 1. The van der Waals surface area contributed by atoms with Gasteiger partial charge in [0.2, 0.25) is 10.0 Å². The van der Waals surface area contributed by atoms with Gasteiger partial charge in [-0.1, -0.05) is 30.3 Å². The Bertz CT molecular complexity index is 562. The molecule has 0 fully saturated rings. The van der Waals surface area contributed by atoms with Gasteiger partial charge in [0.15, 0.2) is 0 Å². The molecule has 0 radical (unpaired) electrons. The first kappa shape index (κ1) is 12.9. The van der Waals surface area contributed by atoms with Gasteiger partial charge in [0.25, 0.3) is 0 Å². The number of hydrogen-bond donors (Lipinski definition) is 1. The van der Waals surface area contributed by atoms with Crippen LogP contribution in [0, 0.1) is 0 Å². The van der Waals surface area contributed by atoms with E-state index in [0.717, 1.165) is 5.56 Å². The van der Waals surface area contributed by atoms with E-state index in [1.54, 1.807) is 0 Å². The maximum Gasteiger partial charge on any atom is 0.215 e. The second-order valence-electron chi connectivity index (χ2n) is 4.06. The minimum atomic E-state index is -3.25. The third-order valence-corrected chi connectivity index (χ3v) is 3.92. The second kappa shape index (κ2) is 5.84. The summed E-state index contributed by atoms with van der Waals surface area (Å²) in [6.07, 6.45) is 3.82. The lowest BCUT2D eigenvalue weighted by Gasteiger charge is -2.07. The van der Waals surface area contributed by atoms with Crippen molar-refractivity contribution in [2.45, 2.75) is 12.3 Å². The Labute approximate surface area is 107 Å². The van der Waals surface area contributed by atoms with Gasteiger partial charge in [-0.2, -0.15) is 0 Å². The molecule has 0 atom stereocenters. The van der Waals surface area contributed by atoms with Gasteiger partial charge in [0, 0.05) is 25.5 Å². The van der Waals surface area contributed by atoms with E-state index in [2.05, 4.69) is 4.72 Å². The monoisotopic (exact) mass is 264 g/mol. The van der Waals surface area contributed by atoms with E-state index in [1.165, 1.54) is 0 Å². The molecule has 1 N–H and O–H groups in total. The third kappa shape index (κ3) is 4.01. The summed E-state index contributed by atoms with van der Waals surface area (Å²) < 4.78 is 28.1. The van der Waals surface area contributed by atoms with Crippen LogP contribution in [0.1, 0.15) is 5.56 Å². The highest BCUT2D eigenvalue weighted by Gasteiger charge is 2.10. The summed E-state index contributed by atoms with van der Waals surface area (Å²) in [6.45, 7) is 1.05. The molecule has 0 bridgehead atoms. The molecule has 0 spiro atoms. The highest BCUT2D eigenvalue weighted by Crippen LogP contribution is 2.03. The lowest BCUT2D eigenvalue weighted by molar-refractivity contribution is 0.572. The van der Waals surface area contributed by atoms with Crippen LogP contribution in [-0.4, -0.2) is 19.5 Å². The summed E-state index contributed by atoms with van der Waals surface area (Å²) in [5.74, 6) is 0.0273. The first-order chi connectivity index (χ1) is 8.66. The van der Waals surface area contributed by atoms with Gasteiger partial charge in [0.1, 0.15) is 0 Å². The Morgan fingerprint density at radius 3 is 2.33 bits per heavy atom. The maximum absolute atomic E-state index is 11.8. The molecule has 0 saturated carbocycles. The van der Waals surface area contributed by atoms with Crippen molar-refractivity contribution in [2.24, 2.45) is 0 Å². The van der Waals surface area contributed by atoms with E-state index in [0.29, 0.717) is 13.1 Å². The molecule has 0 amide bonds. The van der Waals surface area contributed by atoms with Crippen LogP contribution in [0.15, 0.2) is 54.9 Å². The minimum absolute atomic E-state index is 0.0273. The highest BCUT2D eigenvalue weighted by molar-refractivity contribution is 7.88. The Kier molecular flexibility index (Phi) is 4.17. The molecule has 96 valence electrons. The largest absolute Gasteiger partial charge is 0.353 e. The van der Waals surface area contributed by atoms with Crippen molar-refractivity contribution in [2.75, 3.05) is 6.54 Å². The summed E-state index contributed by atoms with van der Waals surface area (Å²) in [4.78, 5) is 0.